The van der Waals surface area contributed by atoms with E-state index in [2.05, 4.69) is 9.89 Å². The van der Waals surface area contributed by atoms with E-state index in [-0.39, 0.29) is 12.1 Å². The zero-order valence-corrected chi connectivity index (χ0v) is 14.4. The number of fused-ring (bicyclic) bond motifs is 4. The molecule has 0 unspecified atom stereocenters. The van der Waals surface area contributed by atoms with Gasteiger partial charge in [-0.25, -0.2) is 14.8 Å². The van der Waals surface area contributed by atoms with Gasteiger partial charge in [0, 0.05) is 50.0 Å². The highest BCUT2D eigenvalue weighted by Gasteiger charge is 2.40. The molecule has 3 aliphatic heterocycles. The molecule has 0 aliphatic carbocycles. The smallest absolute Gasteiger partial charge is 0.350 e. The number of amides is 2. The van der Waals surface area contributed by atoms with Crippen LogP contribution in [0.15, 0.2) is 17.1 Å². The van der Waals surface area contributed by atoms with Crippen molar-refractivity contribution in [2.45, 2.75) is 18.9 Å². The Morgan fingerprint density at radius 3 is 3.20 bits per heavy atom. The van der Waals surface area contributed by atoms with E-state index in [4.69, 9.17) is 15.1 Å². The fourth-order valence-corrected chi connectivity index (χ4v) is 4.86. The minimum absolute atomic E-state index is 0.0638. The molecule has 25 heavy (non-hydrogen) atoms. The average molecular weight is 355 g/mol. The summed E-state index contributed by atoms with van der Waals surface area (Å²) >= 11 is 1.54. The van der Waals surface area contributed by atoms with Crippen LogP contribution in [0, 0.1) is 5.41 Å². The first-order chi connectivity index (χ1) is 12.2. The monoisotopic (exact) mass is 355 g/mol. The fourth-order valence-electron chi connectivity index (χ4n) is 3.82. The normalized spacial score (nSPS) is 22.7. The van der Waals surface area contributed by atoms with Crippen LogP contribution in [0.3, 0.4) is 0 Å². The molecule has 2 amide bonds. The maximum absolute atomic E-state index is 12.5. The third-order valence-electron chi connectivity index (χ3n) is 5.03. The zero-order chi connectivity index (χ0) is 17.0. The van der Waals surface area contributed by atoms with Gasteiger partial charge in [-0.05, 0) is 12.1 Å². The number of nitrogens with one attached hydrogen (secondary N) is 1. The molecule has 1 saturated heterocycles. The van der Waals surface area contributed by atoms with Gasteiger partial charge in [-0.15, -0.1) is 0 Å². The van der Waals surface area contributed by atoms with E-state index in [9.17, 15) is 4.79 Å². The summed E-state index contributed by atoms with van der Waals surface area (Å²) in [6.45, 7) is 2.85. The Kier molecular flexibility index (Phi) is 3.36. The van der Waals surface area contributed by atoms with Gasteiger partial charge in [0.05, 0.1) is 22.9 Å². The molecule has 1 N–H and O–H groups in total. The number of aliphatic imine (C=N–C) groups is 1. The van der Waals surface area contributed by atoms with E-state index < -0.39 is 0 Å². The van der Waals surface area contributed by atoms with E-state index >= 15 is 0 Å². The second-order valence-electron chi connectivity index (χ2n) is 6.47. The molecule has 1 aromatic carbocycles. The highest BCUT2D eigenvalue weighted by Crippen LogP contribution is 2.39. The minimum atomic E-state index is -0.219. The molecule has 1 atom stereocenters. The molecular weight excluding hydrogens is 338 g/mol. The molecule has 5 rings (SSSR count). The van der Waals surface area contributed by atoms with Crippen LogP contribution in [0.2, 0.25) is 0 Å². The highest BCUT2D eigenvalue weighted by molar-refractivity contribution is 7.22. The van der Waals surface area contributed by atoms with Crippen molar-refractivity contribution in [1.29, 1.82) is 5.41 Å². The summed E-state index contributed by atoms with van der Waals surface area (Å²) in [6, 6.07) is 3.73. The Hall–Kier alpha value is -2.32. The molecule has 1 fully saturated rings. The fraction of sp³-hybridized carbons (Fsp3) is 0.412. The number of thiazole rings is 1. The Morgan fingerprint density at radius 2 is 2.32 bits per heavy atom. The molecule has 128 valence electrons. The molecule has 0 bridgehead atoms. The molecule has 1 aromatic heterocycles. The third kappa shape index (κ3) is 2.28. The highest BCUT2D eigenvalue weighted by atomic mass is 32.1. The molecule has 0 saturated carbocycles. The Morgan fingerprint density at radius 1 is 1.40 bits per heavy atom. The quantitative estimate of drug-likeness (QED) is 0.857. The predicted octanol–water partition coefficient (Wildman–Crippen LogP) is 2.34. The van der Waals surface area contributed by atoms with Gasteiger partial charge >= 0.3 is 6.03 Å². The minimum Gasteiger partial charge on any atom is -0.493 e. The molecule has 0 spiro atoms. The van der Waals surface area contributed by atoms with Crippen LogP contribution in [0.25, 0.3) is 10.2 Å². The number of carbonyl (C=O) groups excluding carboxylic acids is 1. The van der Waals surface area contributed by atoms with Crippen molar-refractivity contribution < 1.29 is 9.53 Å². The number of likely N-dealkylation sites (tertiary alicyclic amines) is 1. The van der Waals surface area contributed by atoms with Crippen LogP contribution in [0.4, 0.5) is 9.93 Å². The second-order valence-corrected chi connectivity index (χ2v) is 7.48. The number of carbonyl (C=O) groups is 1. The van der Waals surface area contributed by atoms with Crippen molar-refractivity contribution in [2.24, 2.45) is 4.99 Å². The average Bonchev–Trinajstić information content (AvgIpc) is 3.28. The predicted molar refractivity (Wildman–Crippen MR) is 97.8 cm³/mol. The SMILES string of the molecule is N=CCN1CCC2=NC(=O)N(c3nc4c5c(ccc4s3)OCC5)[C@@H]2C1. The number of benzene rings is 1. The first-order valence-electron chi connectivity index (χ1n) is 8.42. The van der Waals surface area contributed by atoms with Gasteiger partial charge in [-0.2, -0.15) is 0 Å². The number of ether oxygens (including phenoxy) is 1. The number of nitrogens with zero attached hydrogens (tertiary/aromatic N) is 4. The van der Waals surface area contributed by atoms with Crippen molar-refractivity contribution in [3.63, 3.8) is 0 Å². The molecule has 0 radical (unpaired) electrons. The van der Waals surface area contributed by atoms with Crippen molar-refractivity contribution in [3.05, 3.63) is 17.7 Å². The van der Waals surface area contributed by atoms with Crippen LogP contribution in [0.1, 0.15) is 12.0 Å². The number of anilines is 1. The van der Waals surface area contributed by atoms with E-state index in [1.54, 1.807) is 4.90 Å². The van der Waals surface area contributed by atoms with E-state index in [1.165, 1.54) is 17.6 Å². The Labute approximate surface area is 148 Å². The molecule has 7 nitrogen and oxygen atoms in total. The Balaban J connectivity index is 1.53. The number of urea groups is 1. The first-order valence-corrected chi connectivity index (χ1v) is 9.23. The lowest BCUT2D eigenvalue weighted by atomic mass is 10.0. The number of rotatable bonds is 3. The molecule has 8 heteroatoms. The maximum Gasteiger partial charge on any atom is 0.350 e. The van der Waals surface area contributed by atoms with Crippen molar-refractivity contribution in [2.75, 3.05) is 31.1 Å². The van der Waals surface area contributed by atoms with Gasteiger partial charge in [0.2, 0.25) is 0 Å². The van der Waals surface area contributed by atoms with Crippen LogP contribution >= 0.6 is 11.3 Å². The van der Waals surface area contributed by atoms with Crippen LogP contribution < -0.4 is 9.64 Å². The number of hydrogen-bond acceptors (Lipinski definition) is 6. The standard InChI is InChI=1S/C17H17N5O2S/c18-5-7-21-6-3-11-12(9-21)22(16(23)19-11)17-20-15-10-4-8-24-13(10)1-2-14(15)25-17/h1-2,5,12,18H,3-4,6-9H2/t12-/m1/s1. The molecule has 4 heterocycles. The van der Waals surface area contributed by atoms with Crippen LogP contribution in [0.5, 0.6) is 5.75 Å². The molecule has 3 aliphatic rings. The summed E-state index contributed by atoms with van der Waals surface area (Å²) in [6.07, 6.45) is 3.04. The Bertz CT molecular complexity index is 921. The van der Waals surface area contributed by atoms with E-state index in [0.29, 0.717) is 24.8 Å². The summed E-state index contributed by atoms with van der Waals surface area (Å²) in [5.74, 6) is 0.906. The van der Waals surface area contributed by atoms with E-state index in [0.717, 1.165) is 46.6 Å². The number of hydrogen-bond donors (Lipinski definition) is 1. The number of aromatic nitrogens is 1. The zero-order valence-electron chi connectivity index (χ0n) is 13.6. The summed E-state index contributed by atoms with van der Waals surface area (Å²) in [5, 5.41) is 8.04. The largest absolute Gasteiger partial charge is 0.493 e. The summed E-state index contributed by atoms with van der Waals surface area (Å²) in [5.41, 5.74) is 3.03. The number of piperidine rings is 1. The second kappa shape index (κ2) is 5.60. The lowest BCUT2D eigenvalue weighted by Gasteiger charge is -2.33. The molecular formula is C17H17N5O2S. The van der Waals surface area contributed by atoms with E-state index in [1.807, 2.05) is 12.1 Å². The maximum atomic E-state index is 12.5. The summed E-state index contributed by atoms with van der Waals surface area (Å²) in [7, 11) is 0. The summed E-state index contributed by atoms with van der Waals surface area (Å²) in [4.78, 5) is 25.5. The summed E-state index contributed by atoms with van der Waals surface area (Å²) < 4.78 is 6.70. The van der Waals surface area contributed by atoms with Gasteiger partial charge in [0.15, 0.2) is 5.13 Å². The third-order valence-corrected chi connectivity index (χ3v) is 6.05. The van der Waals surface area contributed by atoms with Gasteiger partial charge in [0.1, 0.15) is 5.75 Å². The van der Waals surface area contributed by atoms with Gasteiger partial charge < -0.3 is 10.1 Å². The van der Waals surface area contributed by atoms with Gasteiger partial charge in [-0.1, -0.05) is 11.3 Å². The van der Waals surface area contributed by atoms with Crippen molar-refractivity contribution in [3.8, 4) is 5.75 Å². The lowest BCUT2D eigenvalue weighted by Crippen LogP contribution is -2.51. The topological polar surface area (TPSA) is 81.9 Å². The molecule has 2 aromatic rings. The lowest BCUT2D eigenvalue weighted by molar-refractivity contribution is 0.252. The van der Waals surface area contributed by atoms with Gasteiger partial charge in [-0.3, -0.25) is 9.80 Å². The van der Waals surface area contributed by atoms with Crippen molar-refractivity contribution >= 4 is 44.6 Å². The van der Waals surface area contributed by atoms with Crippen molar-refractivity contribution in [1.82, 2.24) is 9.88 Å². The first kappa shape index (κ1) is 15.0. The van der Waals surface area contributed by atoms with Crippen LogP contribution in [-0.2, 0) is 6.42 Å². The van der Waals surface area contributed by atoms with Gasteiger partial charge in [0.25, 0.3) is 0 Å². The van der Waals surface area contributed by atoms with Crippen LogP contribution in [-0.4, -0.2) is 60.1 Å².